The van der Waals surface area contributed by atoms with Crippen LogP contribution in [-0.4, -0.2) is 12.2 Å². The molecule has 66 valence electrons. The molecule has 0 atom stereocenters. The van der Waals surface area contributed by atoms with E-state index in [1.807, 2.05) is 6.92 Å². The van der Waals surface area contributed by atoms with E-state index in [1.165, 1.54) is 6.07 Å². The summed E-state index contributed by atoms with van der Waals surface area (Å²) in [7, 11) is 1.56. The summed E-state index contributed by atoms with van der Waals surface area (Å²) in [6.07, 6.45) is 0.731. The van der Waals surface area contributed by atoms with Gasteiger partial charge in [-0.1, -0.05) is 6.92 Å². The highest BCUT2D eigenvalue weighted by atomic mass is 16.5. The molecule has 0 saturated carbocycles. The predicted octanol–water partition coefficient (Wildman–Crippen LogP) is 1.55. The van der Waals surface area contributed by atoms with Crippen molar-refractivity contribution >= 4 is 5.69 Å². The summed E-state index contributed by atoms with van der Waals surface area (Å²) < 4.78 is 5.06. The molecular formula is C9H13NO2. The van der Waals surface area contributed by atoms with Gasteiger partial charge < -0.3 is 15.6 Å². The second kappa shape index (κ2) is 3.34. The Morgan fingerprint density at radius 3 is 2.67 bits per heavy atom. The largest absolute Gasteiger partial charge is 0.507 e. The Bertz CT molecular complexity index is 284. The number of hydrogen-bond donors (Lipinski definition) is 2. The molecule has 0 aromatic heterocycles. The van der Waals surface area contributed by atoms with E-state index in [9.17, 15) is 5.11 Å². The van der Waals surface area contributed by atoms with Crippen molar-refractivity contribution in [3.05, 3.63) is 17.7 Å². The van der Waals surface area contributed by atoms with Crippen molar-refractivity contribution in [1.29, 1.82) is 0 Å². The molecule has 0 aliphatic rings. The fourth-order valence-electron chi connectivity index (χ4n) is 1.19. The number of phenols is 1. The van der Waals surface area contributed by atoms with Crippen LogP contribution in [0, 0.1) is 0 Å². The first-order chi connectivity index (χ1) is 5.69. The number of phenolic OH excluding ortho intramolecular Hbond substituents is 1. The molecule has 0 heterocycles. The summed E-state index contributed by atoms with van der Waals surface area (Å²) >= 11 is 0. The molecule has 0 amide bonds. The van der Waals surface area contributed by atoms with E-state index in [0.29, 0.717) is 11.4 Å². The van der Waals surface area contributed by atoms with Crippen molar-refractivity contribution in [1.82, 2.24) is 0 Å². The van der Waals surface area contributed by atoms with Crippen molar-refractivity contribution in [2.24, 2.45) is 0 Å². The number of anilines is 1. The Balaban J connectivity index is 3.24. The number of benzene rings is 1. The average molecular weight is 167 g/mol. The van der Waals surface area contributed by atoms with Gasteiger partial charge in [-0.3, -0.25) is 0 Å². The standard InChI is InChI=1S/C9H13NO2/c1-3-7-8(11)4-6(10)5-9(7)12-2/h4-5,11H,3,10H2,1-2H3. The fourth-order valence-corrected chi connectivity index (χ4v) is 1.19. The lowest BCUT2D eigenvalue weighted by molar-refractivity contribution is 0.401. The quantitative estimate of drug-likeness (QED) is 0.657. The van der Waals surface area contributed by atoms with Gasteiger partial charge in [-0.05, 0) is 6.42 Å². The Labute approximate surface area is 71.8 Å². The molecule has 0 bridgehead atoms. The Kier molecular flexibility index (Phi) is 2.43. The van der Waals surface area contributed by atoms with Gasteiger partial charge in [-0.15, -0.1) is 0 Å². The van der Waals surface area contributed by atoms with Crippen LogP contribution in [0.4, 0.5) is 5.69 Å². The zero-order chi connectivity index (χ0) is 9.14. The van der Waals surface area contributed by atoms with E-state index in [2.05, 4.69) is 0 Å². The number of ether oxygens (including phenoxy) is 1. The van der Waals surface area contributed by atoms with Crippen LogP contribution in [0.3, 0.4) is 0 Å². The number of nitrogen functional groups attached to an aromatic ring is 1. The van der Waals surface area contributed by atoms with Crippen LogP contribution in [0.5, 0.6) is 11.5 Å². The van der Waals surface area contributed by atoms with Gasteiger partial charge in [0.25, 0.3) is 0 Å². The molecular weight excluding hydrogens is 154 g/mol. The van der Waals surface area contributed by atoms with Crippen LogP contribution in [0.1, 0.15) is 12.5 Å². The SMILES string of the molecule is CCc1c(O)cc(N)cc1OC. The van der Waals surface area contributed by atoms with Gasteiger partial charge in [0.2, 0.25) is 0 Å². The van der Waals surface area contributed by atoms with Crippen LogP contribution in [0.15, 0.2) is 12.1 Å². The molecule has 0 fully saturated rings. The van der Waals surface area contributed by atoms with Gasteiger partial charge in [-0.2, -0.15) is 0 Å². The number of hydrogen-bond acceptors (Lipinski definition) is 3. The number of nitrogens with two attached hydrogens (primary N) is 1. The third kappa shape index (κ3) is 1.44. The van der Waals surface area contributed by atoms with E-state index >= 15 is 0 Å². The molecule has 3 heteroatoms. The predicted molar refractivity (Wildman–Crippen MR) is 48.4 cm³/mol. The van der Waals surface area contributed by atoms with Crippen molar-refractivity contribution in [2.75, 3.05) is 12.8 Å². The highest BCUT2D eigenvalue weighted by molar-refractivity contribution is 5.55. The average Bonchev–Trinajstić information content (AvgIpc) is 2.03. The summed E-state index contributed by atoms with van der Waals surface area (Å²) in [5.74, 6) is 0.851. The molecule has 0 aliphatic heterocycles. The molecule has 1 rings (SSSR count). The highest BCUT2D eigenvalue weighted by Crippen LogP contribution is 2.30. The summed E-state index contributed by atoms with van der Waals surface area (Å²) in [4.78, 5) is 0. The maximum atomic E-state index is 9.44. The fraction of sp³-hybridized carbons (Fsp3) is 0.333. The van der Waals surface area contributed by atoms with Crippen LogP contribution in [0.25, 0.3) is 0 Å². The number of methoxy groups -OCH3 is 1. The maximum absolute atomic E-state index is 9.44. The molecule has 3 N–H and O–H groups in total. The smallest absolute Gasteiger partial charge is 0.127 e. The number of rotatable bonds is 2. The first-order valence-corrected chi connectivity index (χ1v) is 3.84. The summed E-state index contributed by atoms with van der Waals surface area (Å²) in [5, 5.41) is 9.44. The molecule has 1 aromatic rings. The van der Waals surface area contributed by atoms with Crippen molar-refractivity contribution < 1.29 is 9.84 Å². The van der Waals surface area contributed by atoms with Crippen molar-refractivity contribution in [3.63, 3.8) is 0 Å². The van der Waals surface area contributed by atoms with Crippen LogP contribution in [-0.2, 0) is 6.42 Å². The van der Waals surface area contributed by atoms with Crippen molar-refractivity contribution in [3.8, 4) is 11.5 Å². The van der Waals surface area contributed by atoms with Crippen LogP contribution in [0.2, 0.25) is 0 Å². The normalized spacial score (nSPS) is 9.83. The van der Waals surface area contributed by atoms with Gasteiger partial charge >= 0.3 is 0 Å². The minimum absolute atomic E-state index is 0.203. The highest BCUT2D eigenvalue weighted by Gasteiger charge is 2.07. The third-order valence-corrected chi connectivity index (χ3v) is 1.78. The van der Waals surface area contributed by atoms with E-state index in [4.69, 9.17) is 10.5 Å². The molecule has 0 radical (unpaired) electrons. The first-order valence-electron chi connectivity index (χ1n) is 3.84. The number of aromatic hydroxyl groups is 1. The topological polar surface area (TPSA) is 55.5 Å². The molecule has 0 saturated heterocycles. The zero-order valence-corrected chi connectivity index (χ0v) is 7.29. The molecule has 0 unspecified atom stereocenters. The van der Waals surface area contributed by atoms with Gasteiger partial charge in [-0.25, -0.2) is 0 Å². The summed E-state index contributed by atoms with van der Waals surface area (Å²) in [6.45, 7) is 1.95. The zero-order valence-electron chi connectivity index (χ0n) is 7.29. The monoisotopic (exact) mass is 167 g/mol. The lowest BCUT2D eigenvalue weighted by Crippen LogP contribution is -1.93. The van der Waals surface area contributed by atoms with Crippen LogP contribution >= 0.6 is 0 Å². The Hall–Kier alpha value is -1.38. The van der Waals surface area contributed by atoms with E-state index in [0.717, 1.165) is 12.0 Å². The second-order valence-corrected chi connectivity index (χ2v) is 2.57. The first kappa shape index (κ1) is 8.71. The molecule has 3 nitrogen and oxygen atoms in total. The Morgan fingerprint density at radius 1 is 1.50 bits per heavy atom. The van der Waals surface area contributed by atoms with Crippen molar-refractivity contribution in [2.45, 2.75) is 13.3 Å². The van der Waals surface area contributed by atoms with Gasteiger partial charge in [0.05, 0.1) is 7.11 Å². The molecule has 0 spiro atoms. The summed E-state index contributed by atoms with van der Waals surface area (Å²) in [6, 6.07) is 3.24. The van der Waals surface area contributed by atoms with Gasteiger partial charge in [0, 0.05) is 23.4 Å². The third-order valence-electron chi connectivity index (χ3n) is 1.78. The summed E-state index contributed by atoms with van der Waals surface area (Å²) in [5.41, 5.74) is 6.83. The lowest BCUT2D eigenvalue weighted by atomic mass is 10.1. The Morgan fingerprint density at radius 2 is 2.17 bits per heavy atom. The minimum atomic E-state index is 0.203. The maximum Gasteiger partial charge on any atom is 0.127 e. The van der Waals surface area contributed by atoms with E-state index in [1.54, 1.807) is 13.2 Å². The molecule has 12 heavy (non-hydrogen) atoms. The van der Waals surface area contributed by atoms with E-state index < -0.39 is 0 Å². The van der Waals surface area contributed by atoms with Gasteiger partial charge in [0.1, 0.15) is 11.5 Å². The molecule has 1 aromatic carbocycles. The minimum Gasteiger partial charge on any atom is -0.507 e. The second-order valence-electron chi connectivity index (χ2n) is 2.57. The lowest BCUT2D eigenvalue weighted by Gasteiger charge is -2.09. The van der Waals surface area contributed by atoms with E-state index in [-0.39, 0.29) is 5.75 Å². The van der Waals surface area contributed by atoms with Gasteiger partial charge in [0.15, 0.2) is 0 Å². The van der Waals surface area contributed by atoms with Crippen LogP contribution < -0.4 is 10.5 Å². The molecule has 0 aliphatic carbocycles.